The third-order valence-electron chi connectivity index (χ3n) is 1.71. The Morgan fingerprint density at radius 1 is 1.57 bits per heavy atom. The number of nitrogens with two attached hydrogens (primary N) is 1. The van der Waals surface area contributed by atoms with Crippen molar-refractivity contribution in [3.05, 3.63) is 27.4 Å². The van der Waals surface area contributed by atoms with Crippen LogP contribution in [-0.2, 0) is 0 Å². The molecule has 2 aromatic rings. The number of halogens is 1. The number of fused-ring (bicyclic) bond motifs is 1. The van der Waals surface area contributed by atoms with Gasteiger partial charge in [0, 0.05) is 5.39 Å². The summed E-state index contributed by atoms with van der Waals surface area (Å²) in [5.41, 5.74) is 5.73. The first-order valence-electron chi connectivity index (χ1n) is 3.58. The molecule has 7 heteroatoms. The first-order chi connectivity index (χ1) is 6.59. The third kappa shape index (κ3) is 1.28. The minimum Gasteiger partial charge on any atom is -0.392 e. The van der Waals surface area contributed by atoms with E-state index in [1.807, 2.05) is 0 Å². The van der Waals surface area contributed by atoms with E-state index in [9.17, 15) is 10.1 Å². The molecule has 14 heavy (non-hydrogen) atoms. The van der Waals surface area contributed by atoms with E-state index in [-0.39, 0.29) is 10.7 Å². The fourth-order valence-electron chi connectivity index (χ4n) is 1.10. The number of pyridine rings is 1. The van der Waals surface area contributed by atoms with Gasteiger partial charge in [0.2, 0.25) is 0 Å². The molecule has 0 spiro atoms. The molecular formula is C7H4ClN3O2S. The summed E-state index contributed by atoms with van der Waals surface area (Å²) < 4.78 is 0. The lowest BCUT2D eigenvalue weighted by Gasteiger charge is -1.89. The van der Waals surface area contributed by atoms with Crippen LogP contribution in [0.25, 0.3) is 10.2 Å². The number of anilines is 1. The number of hydrogen-bond donors (Lipinski definition) is 1. The van der Waals surface area contributed by atoms with E-state index >= 15 is 0 Å². The Labute approximate surface area is 87.3 Å². The van der Waals surface area contributed by atoms with E-state index in [2.05, 4.69) is 4.98 Å². The molecule has 0 aliphatic heterocycles. The first kappa shape index (κ1) is 9.17. The van der Waals surface area contributed by atoms with Crippen molar-refractivity contribution in [2.45, 2.75) is 0 Å². The van der Waals surface area contributed by atoms with Crippen molar-refractivity contribution in [2.24, 2.45) is 0 Å². The molecule has 2 N–H and O–H groups in total. The largest absolute Gasteiger partial charge is 0.392 e. The molecule has 2 aromatic heterocycles. The molecule has 0 saturated heterocycles. The van der Waals surface area contributed by atoms with Gasteiger partial charge in [0.25, 0.3) is 0 Å². The highest BCUT2D eigenvalue weighted by atomic mass is 35.5. The van der Waals surface area contributed by atoms with Crippen molar-refractivity contribution >= 4 is 43.8 Å². The summed E-state index contributed by atoms with van der Waals surface area (Å²) >= 11 is 6.57. The van der Waals surface area contributed by atoms with E-state index in [0.717, 1.165) is 11.3 Å². The molecule has 5 nitrogen and oxygen atoms in total. The van der Waals surface area contributed by atoms with Crippen LogP contribution in [-0.4, -0.2) is 9.91 Å². The van der Waals surface area contributed by atoms with Gasteiger partial charge in [-0.2, -0.15) is 0 Å². The Hall–Kier alpha value is -1.40. The molecule has 0 aliphatic carbocycles. The normalized spacial score (nSPS) is 10.6. The summed E-state index contributed by atoms with van der Waals surface area (Å²) in [6.45, 7) is 0. The Morgan fingerprint density at radius 3 is 2.93 bits per heavy atom. The summed E-state index contributed by atoms with van der Waals surface area (Å²) in [4.78, 5) is 14.5. The van der Waals surface area contributed by atoms with Gasteiger partial charge in [0.15, 0.2) is 0 Å². The quantitative estimate of drug-likeness (QED) is 0.463. The highest BCUT2D eigenvalue weighted by Crippen LogP contribution is 2.38. The molecule has 2 heterocycles. The molecular weight excluding hydrogens is 226 g/mol. The molecule has 0 bridgehead atoms. The average molecular weight is 230 g/mol. The topological polar surface area (TPSA) is 82.0 Å². The van der Waals surface area contributed by atoms with Crippen molar-refractivity contribution in [1.29, 1.82) is 0 Å². The van der Waals surface area contributed by atoms with E-state index in [1.54, 1.807) is 12.1 Å². The van der Waals surface area contributed by atoms with Crippen LogP contribution >= 0.6 is 22.9 Å². The van der Waals surface area contributed by atoms with Crippen LogP contribution in [0.5, 0.6) is 0 Å². The number of thiophene rings is 1. The lowest BCUT2D eigenvalue weighted by atomic mass is 10.3. The van der Waals surface area contributed by atoms with Crippen LogP contribution in [0.4, 0.5) is 10.7 Å². The Morgan fingerprint density at radius 2 is 2.29 bits per heavy atom. The van der Waals surface area contributed by atoms with Crippen molar-refractivity contribution in [2.75, 3.05) is 5.73 Å². The van der Waals surface area contributed by atoms with Crippen LogP contribution in [0.3, 0.4) is 0 Å². The number of rotatable bonds is 1. The van der Waals surface area contributed by atoms with Crippen LogP contribution in [0.15, 0.2) is 12.1 Å². The van der Waals surface area contributed by atoms with E-state index in [0.29, 0.717) is 15.4 Å². The second kappa shape index (κ2) is 3.07. The molecule has 0 aromatic carbocycles. The van der Waals surface area contributed by atoms with Gasteiger partial charge in [-0.05, 0) is 23.5 Å². The summed E-state index contributed by atoms with van der Waals surface area (Å²) in [6, 6.07) is 3.18. The maximum Gasteiger partial charge on any atom is 0.349 e. The van der Waals surface area contributed by atoms with Gasteiger partial charge in [-0.3, -0.25) is 10.1 Å². The van der Waals surface area contributed by atoms with Crippen LogP contribution in [0.2, 0.25) is 5.15 Å². The van der Waals surface area contributed by atoms with Gasteiger partial charge in [-0.1, -0.05) is 11.6 Å². The number of aromatic nitrogens is 1. The first-order valence-corrected chi connectivity index (χ1v) is 4.78. The number of hydrogen-bond acceptors (Lipinski definition) is 5. The Kier molecular flexibility index (Phi) is 2.01. The summed E-state index contributed by atoms with van der Waals surface area (Å²) in [6.07, 6.45) is 0. The van der Waals surface area contributed by atoms with Gasteiger partial charge in [-0.15, -0.1) is 0 Å². The predicted octanol–water partition coefficient (Wildman–Crippen LogP) is 2.44. The number of nitro groups is 1. The fraction of sp³-hybridized carbons (Fsp3) is 0. The lowest BCUT2D eigenvalue weighted by Crippen LogP contribution is -1.90. The number of nitrogen functional groups attached to an aromatic ring is 1. The Balaban J connectivity index is 2.79. The molecule has 0 saturated carbocycles. The van der Waals surface area contributed by atoms with Crippen molar-refractivity contribution in [3.63, 3.8) is 0 Å². The predicted molar refractivity (Wildman–Crippen MR) is 55.7 cm³/mol. The number of nitrogens with zero attached hydrogens (tertiary/aromatic N) is 2. The fourth-order valence-corrected chi connectivity index (χ4v) is 2.21. The maximum atomic E-state index is 10.6. The zero-order valence-corrected chi connectivity index (χ0v) is 8.30. The Bertz CT molecular complexity index is 525. The highest BCUT2D eigenvalue weighted by Gasteiger charge is 2.19. The molecule has 0 atom stereocenters. The molecule has 0 radical (unpaired) electrons. The zero-order valence-electron chi connectivity index (χ0n) is 6.73. The van der Waals surface area contributed by atoms with Gasteiger partial charge in [0.05, 0.1) is 4.92 Å². The van der Waals surface area contributed by atoms with E-state index in [4.69, 9.17) is 17.3 Å². The SMILES string of the molecule is Nc1c([N+](=O)[O-])sc2nc(Cl)ccc12. The van der Waals surface area contributed by atoms with Gasteiger partial charge < -0.3 is 5.73 Å². The maximum absolute atomic E-state index is 10.6. The van der Waals surface area contributed by atoms with E-state index in [1.165, 1.54) is 0 Å². The van der Waals surface area contributed by atoms with Gasteiger partial charge in [0.1, 0.15) is 15.7 Å². The molecule has 0 aliphatic rings. The third-order valence-corrected chi connectivity index (χ3v) is 2.98. The van der Waals surface area contributed by atoms with Gasteiger partial charge >= 0.3 is 5.00 Å². The second-order valence-corrected chi connectivity index (χ2v) is 3.93. The van der Waals surface area contributed by atoms with Crippen molar-refractivity contribution in [1.82, 2.24) is 4.98 Å². The summed E-state index contributed by atoms with van der Waals surface area (Å²) in [7, 11) is 0. The standard InChI is InChI=1S/C7H4ClN3O2S/c8-4-2-1-3-5(9)7(11(12)13)14-6(3)10-4/h1-2H,9H2. The summed E-state index contributed by atoms with van der Waals surface area (Å²) in [5, 5.41) is 11.3. The highest BCUT2D eigenvalue weighted by molar-refractivity contribution is 7.22. The van der Waals surface area contributed by atoms with Crippen molar-refractivity contribution < 1.29 is 4.92 Å². The van der Waals surface area contributed by atoms with E-state index < -0.39 is 4.92 Å². The molecule has 0 amide bonds. The molecule has 2 rings (SSSR count). The second-order valence-electron chi connectivity index (χ2n) is 2.56. The zero-order chi connectivity index (χ0) is 10.3. The van der Waals surface area contributed by atoms with Crippen molar-refractivity contribution in [3.8, 4) is 0 Å². The molecule has 0 unspecified atom stereocenters. The van der Waals surface area contributed by atoms with Crippen LogP contribution < -0.4 is 5.73 Å². The van der Waals surface area contributed by atoms with Crippen LogP contribution in [0.1, 0.15) is 0 Å². The molecule has 0 fully saturated rings. The lowest BCUT2D eigenvalue weighted by molar-refractivity contribution is -0.379. The minimum absolute atomic E-state index is 0.0882. The minimum atomic E-state index is -0.518. The summed E-state index contributed by atoms with van der Waals surface area (Å²) in [5.74, 6) is 0. The average Bonchev–Trinajstić information content (AvgIpc) is 2.43. The van der Waals surface area contributed by atoms with Crippen LogP contribution in [0, 0.1) is 10.1 Å². The monoisotopic (exact) mass is 229 g/mol. The van der Waals surface area contributed by atoms with Gasteiger partial charge in [-0.25, -0.2) is 4.98 Å². The molecule has 72 valence electrons. The smallest absolute Gasteiger partial charge is 0.349 e.